The van der Waals surface area contributed by atoms with Crippen LogP contribution >= 0.6 is 0 Å². The minimum absolute atomic E-state index is 0.673. The Labute approximate surface area is 106 Å². The van der Waals surface area contributed by atoms with E-state index in [1.165, 1.54) is 6.42 Å². The molecule has 1 heterocycles. The topological polar surface area (TPSA) is 33.7 Å². The quantitative estimate of drug-likeness (QED) is 0.613. The Bertz CT molecular complexity index is 190. The van der Waals surface area contributed by atoms with E-state index in [0.29, 0.717) is 6.04 Å². The van der Waals surface area contributed by atoms with Crippen molar-refractivity contribution in [3.8, 4) is 0 Å². The highest BCUT2D eigenvalue weighted by molar-refractivity contribution is 4.87. The number of methoxy groups -OCH3 is 2. The van der Waals surface area contributed by atoms with Crippen LogP contribution in [0.3, 0.4) is 0 Å². The number of nitrogens with one attached hydrogen (secondary N) is 1. The van der Waals surface area contributed by atoms with Gasteiger partial charge in [0.2, 0.25) is 0 Å². The Morgan fingerprint density at radius 3 is 2.53 bits per heavy atom. The predicted octanol–water partition coefficient (Wildman–Crippen LogP) is 0.969. The van der Waals surface area contributed by atoms with Crippen LogP contribution in [0.5, 0.6) is 0 Å². The van der Waals surface area contributed by atoms with E-state index in [2.05, 4.69) is 17.1 Å². The van der Waals surface area contributed by atoms with Crippen LogP contribution in [0.25, 0.3) is 0 Å². The molecule has 0 aromatic heterocycles. The maximum absolute atomic E-state index is 5.21. The van der Waals surface area contributed by atoms with Crippen molar-refractivity contribution in [2.24, 2.45) is 5.92 Å². The van der Waals surface area contributed by atoms with Crippen molar-refractivity contribution in [2.75, 3.05) is 53.6 Å². The van der Waals surface area contributed by atoms with Gasteiger partial charge in [-0.2, -0.15) is 0 Å². The minimum atomic E-state index is 0.673. The summed E-state index contributed by atoms with van der Waals surface area (Å²) in [6.45, 7) is 8.38. The molecule has 1 fully saturated rings. The lowest BCUT2D eigenvalue weighted by Gasteiger charge is -2.31. The van der Waals surface area contributed by atoms with Crippen LogP contribution in [0.15, 0.2) is 0 Å². The van der Waals surface area contributed by atoms with Crippen LogP contribution in [0.4, 0.5) is 0 Å². The molecule has 1 saturated heterocycles. The van der Waals surface area contributed by atoms with Crippen molar-refractivity contribution in [1.82, 2.24) is 10.2 Å². The van der Waals surface area contributed by atoms with E-state index in [-0.39, 0.29) is 0 Å². The largest absolute Gasteiger partial charge is 0.385 e. The average Bonchev–Trinajstić information content (AvgIpc) is 2.81. The SMILES string of the molecule is CCC1CNCC1N(CCCOC)CCOC. The second-order valence-electron chi connectivity index (χ2n) is 4.77. The fourth-order valence-electron chi connectivity index (χ4n) is 2.63. The first-order valence-corrected chi connectivity index (χ1v) is 6.76. The molecular formula is C13H28N2O2. The molecule has 102 valence electrons. The molecule has 0 aromatic rings. The Morgan fingerprint density at radius 1 is 1.12 bits per heavy atom. The average molecular weight is 244 g/mol. The van der Waals surface area contributed by atoms with Gasteiger partial charge in [0, 0.05) is 46.5 Å². The van der Waals surface area contributed by atoms with Crippen molar-refractivity contribution >= 4 is 0 Å². The van der Waals surface area contributed by atoms with Crippen LogP contribution in [0.1, 0.15) is 19.8 Å². The maximum Gasteiger partial charge on any atom is 0.0589 e. The summed E-state index contributed by atoms with van der Waals surface area (Å²) >= 11 is 0. The highest BCUT2D eigenvalue weighted by atomic mass is 16.5. The van der Waals surface area contributed by atoms with Gasteiger partial charge < -0.3 is 14.8 Å². The summed E-state index contributed by atoms with van der Waals surface area (Å²) in [5.41, 5.74) is 0. The van der Waals surface area contributed by atoms with Gasteiger partial charge in [-0.05, 0) is 18.9 Å². The molecule has 0 bridgehead atoms. The van der Waals surface area contributed by atoms with Gasteiger partial charge in [-0.1, -0.05) is 13.3 Å². The first-order valence-electron chi connectivity index (χ1n) is 6.76. The second kappa shape index (κ2) is 8.86. The van der Waals surface area contributed by atoms with Gasteiger partial charge >= 0.3 is 0 Å². The first-order chi connectivity index (χ1) is 8.33. The van der Waals surface area contributed by atoms with Crippen molar-refractivity contribution in [2.45, 2.75) is 25.8 Å². The zero-order chi connectivity index (χ0) is 12.5. The molecule has 1 N–H and O–H groups in total. The summed E-state index contributed by atoms with van der Waals surface area (Å²) in [5.74, 6) is 0.786. The fourth-order valence-corrected chi connectivity index (χ4v) is 2.63. The molecule has 1 rings (SSSR count). The Morgan fingerprint density at radius 2 is 1.88 bits per heavy atom. The highest BCUT2D eigenvalue weighted by Gasteiger charge is 2.30. The number of nitrogens with zero attached hydrogens (tertiary/aromatic N) is 1. The summed E-state index contributed by atoms with van der Waals surface area (Å²) < 4.78 is 10.4. The molecule has 2 unspecified atom stereocenters. The zero-order valence-corrected chi connectivity index (χ0v) is 11.6. The highest BCUT2D eigenvalue weighted by Crippen LogP contribution is 2.19. The zero-order valence-electron chi connectivity index (χ0n) is 11.6. The summed E-state index contributed by atoms with van der Waals surface area (Å²) in [6, 6.07) is 0.673. The van der Waals surface area contributed by atoms with E-state index in [1.54, 1.807) is 14.2 Å². The summed E-state index contributed by atoms with van der Waals surface area (Å²) in [7, 11) is 3.54. The smallest absolute Gasteiger partial charge is 0.0589 e. The minimum Gasteiger partial charge on any atom is -0.385 e. The summed E-state index contributed by atoms with van der Waals surface area (Å²) in [5, 5.41) is 3.51. The molecule has 0 aliphatic carbocycles. The molecule has 17 heavy (non-hydrogen) atoms. The standard InChI is InChI=1S/C13H28N2O2/c1-4-12-10-14-11-13(12)15(7-9-17-3)6-5-8-16-2/h12-14H,4-11H2,1-3H3. The Balaban J connectivity index is 2.42. The van der Waals surface area contributed by atoms with Gasteiger partial charge in [-0.3, -0.25) is 4.90 Å². The van der Waals surface area contributed by atoms with Crippen LogP contribution < -0.4 is 5.32 Å². The van der Waals surface area contributed by atoms with Crippen LogP contribution in [0.2, 0.25) is 0 Å². The number of hydrogen-bond donors (Lipinski definition) is 1. The van der Waals surface area contributed by atoms with Crippen LogP contribution in [-0.4, -0.2) is 64.6 Å². The molecule has 4 heteroatoms. The van der Waals surface area contributed by atoms with E-state index < -0.39 is 0 Å². The van der Waals surface area contributed by atoms with E-state index in [4.69, 9.17) is 9.47 Å². The lowest BCUT2D eigenvalue weighted by atomic mass is 9.99. The molecule has 1 aliphatic heterocycles. The fraction of sp³-hybridized carbons (Fsp3) is 1.00. The summed E-state index contributed by atoms with van der Waals surface area (Å²) in [4.78, 5) is 2.57. The molecule has 0 radical (unpaired) electrons. The van der Waals surface area contributed by atoms with Crippen molar-refractivity contribution in [3.63, 3.8) is 0 Å². The third-order valence-corrected chi connectivity index (χ3v) is 3.67. The van der Waals surface area contributed by atoms with Crippen LogP contribution in [0, 0.1) is 5.92 Å². The summed E-state index contributed by atoms with van der Waals surface area (Å²) in [6.07, 6.45) is 2.36. The number of rotatable bonds is 9. The molecule has 0 spiro atoms. The van der Waals surface area contributed by atoms with Crippen molar-refractivity contribution < 1.29 is 9.47 Å². The molecule has 0 saturated carbocycles. The molecular weight excluding hydrogens is 216 g/mol. The molecule has 0 amide bonds. The lowest BCUT2D eigenvalue weighted by Crippen LogP contribution is -2.43. The lowest BCUT2D eigenvalue weighted by molar-refractivity contribution is 0.0963. The van der Waals surface area contributed by atoms with E-state index >= 15 is 0 Å². The van der Waals surface area contributed by atoms with Gasteiger partial charge in [0.05, 0.1) is 6.61 Å². The maximum atomic E-state index is 5.21. The second-order valence-corrected chi connectivity index (χ2v) is 4.77. The van der Waals surface area contributed by atoms with Crippen LogP contribution in [-0.2, 0) is 9.47 Å². The van der Waals surface area contributed by atoms with Gasteiger partial charge in [-0.25, -0.2) is 0 Å². The van der Waals surface area contributed by atoms with E-state index in [1.807, 2.05) is 0 Å². The third-order valence-electron chi connectivity index (χ3n) is 3.67. The van der Waals surface area contributed by atoms with Gasteiger partial charge in [0.25, 0.3) is 0 Å². The molecule has 2 atom stereocenters. The van der Waals surface area contributed by atoms with Gasteiger partial charge in [-0.15, -0.1) is 0 Å². The predicted molar refractivity (Wildman–Crippen MR) is 70.4 cm³/mol. The Kier molecular flexibility index (Phi) is 7.77. The Hall–Kier alpha value is -0.160. The van der Waals surface area contributed by atoms with Gasteiger partial charge in [0.15, 0.2) is 0 Å². The number of ether oxygens (including phenoxy) is 2. The third kappa shape index (κ3) is 4.92. The molecule has 0 aromatic carbocycles. The van der Waals surface area contributed by atoms with E-state index in [9.17, 15) is 0 Å². The van der Waals surface area contributed by atoms with Gasteiger partial charge in [0.1, 0.15) is 0 Å². The van der Waals surface area contributed by atoms with Crippen molar-refractivity contribution in [3.05, 3.63) is 0 Å². The van der Waals surface area contributed by atoms with Crippen molar-refractivity contribution in [1.29, 1.82) is 0 Å². The van der Waals surface area contributed by atoms with E-state index in [0.717, 1.165) is 51.7 Å². The molecule has 1 aliphatic rings. The number of hydrogen-bond acceptors (Lipinski definition) is 4. The first kappa shape index (κ1) is 14.9. The monoisotopic (exact) mass is 244 g/mol. The normalized spacial score (nSPS) is 24.7. The molecule has 4 nitrogen and oxygen atoms in total.